The molecule has 1 amide bonds. The van der Waals surface area contributed by atoms with Gasteiger partial charge in [-0.2, -0.15) is 0 Å². The number of hydrogen-bond acceptors (Lipinski definition) is 5. The Kier molecular flexibility index (Phi) is 6.34. The van der Waals surface area contributed by atoms with Crippen LogP contribution in [-0.2, 0) is 11.8 Å². The molecule has 6 nitrogen and oxygen atoms in total. The fourth-order valence-corrected chi connectivity index (χ4v) is 5.43. The molecule has 178 valence electrons. The Morgan fingerprint density at radius 3 is 2.56 bits per heavy atom. The fraction of sp³-hybridized carbons (Fsp3) is 0.500. The van der Waals surface area contributed by atoms with E-state index >= 15 is 0 Å². The van der Waals surface area contributed by atoms with Crippen molar-refractivity contribution in [1.29, 1.82) is 0 Å². The number of para-hydroxylation sites is 1. The molecule has 3 aromatic rings. The molecule has 2 aliphatic rings. The van der Waals surface area contributed by atoms with Crippen LogP contribution in [0.1, 0.15) is 60.2 Å². The van der Waals surface area contributed by atoms with Gasteiger partial charge in [-0.3, -0.25) is 9.78 Å². The molecule has 0 spiro atoms. The summed E-state index contributed by atoms with van der Waals surface area (Å²) < 4.78 is 0. The van der Waals surface area contributed by atoms with E-state index in [0.717, 1.165) is 75.3 Å². The summed E-state index contributed by atoms with van der Waals surface area (Å²) in [6.45, 7) is 7.86. The smallest absolute Gasteiger partial charge is 0.272 e. The summed E-state index contributed by atoms with van der Waals surface area (Å²) in [5, 5.41) is 1.20. The Morgan fingerprint density at radius 2 is 1.79 bits per heavy atom. The van der Waals surface area contributed by atoms with Gasteiger partial charge in [0.1, 0.15) is 11.5 Å². The van der Waals surface area contributed by atoms with Gasteiger partial charge in [-0.15, -0.1) is 0 Å². The predicted octanol–water partition coefficient (Wildman–Crippen LogP) is 4.41. The number of fused-ring (bicyclic) bond motifs is 1. The van der Waals surface area contributed by atoms with Crippen LogP contribution in [0.15, 0.2) is 42.6 Å². The van der Waals surface area contributed by atoms with Crippen LogP contribution >= 0.6 is 0 Å². The summed E-state index contributed by atoms with van der Waals surface area (Å²) in [5.41, 5.74) is 3.79. The van der Waals surface area contributed by atoms with Crippen LogP contribution in [0, 0.1) is 12.8 Å². The first-order chi connectivity index (χ1) is 16.4. The summed E-state index contributed by atoms with van der Waals surface area (Å²) in [6.07, 6.45) is 6.95. The topological polar surface area (TPSA) is 62.2 Å². The summed E-state index contributed by atoms with van der Waals surface area (Å²) in [6, 6.07) is 12.4. The molecule has 2 aromatic heterocycles. The minimum absolute atomic E-state index is 0.0496. The van der Waals surface area contributed by atoms with Crippen molar-refractivity contribution in [1.82, 2.24) is 24.8 Å². The number of carbonyl (C=O) groups excluding carboxylic acids is 1. The van der Waals surface area contributed by atoms with Crippen molar-refractivity contribution in [2.45, 2.75) is 51.4 Å². The van der Waals surface area contributed by atoms with Gasteiger partial charge in [0, 0.05) is 35.8 Å². The molecule has 0 atom stereocenters. The molecule has 6 heteroatoms. The van der Waals surface area contributed by atoms with Crippen LogP contribution in [0.25, 0.3) is 10.9 Å². The highest BCUT2D eigenvalue weighted by atomic mass is 16.2. The maximum atomic E-state index is 13.4. The lowest BCUT2D eigenvalue weighted by atomic mass is 9.79. The summed E-state index contributed by atoms with van der Waals surface area (Å²) in [7, 11) is 2.16. The zero-order valence-corrected chi connectivity index (χ0v) is 20.6. The van der Waals surface area contributed by atoms with Gasteiger partial charge < -0.3 is 9.80 Å². The quantitative estimate of drug-likeness (QED) is 0.581. The third-order valence-corrected chi connectivity index (χ3v) is 7.83. The first kappa shape index (κ1) is 22.9. The van der Waals surface area contributed by atoms with Crippen molar-refractivity contribution in [3.05, 3.63) is 65.4 Å². The molecule has 5 rings (SSSR count). The summed E-state index contributed by atoms with van der Waals surface area (Å²) >= 11 is 0. The number of benzene rings is 1. The minimum Gasteiger partial charge on any atom is -0.337 e. The van der Waals surface area contributed by atoms with E-state index in [1.165, 1.54) is 10.9 Å². The number of likely N-dealkylation sites (tertiary alicyclic amines) is 2. The van der Waals surface area contributed by atoms with Gasteiger partial charge in [-0.1, -0.05) is 31.2 Å². The Morgan fingerprint density at radius 1 is 1.06 bits per heavy atom. The number of aryl methyl sites for hydroxylation is 1. The predicted molar refractivity (Wildman–Crippen MR) is 135 cm³/mol. The number of amides is 1. The standard InChI is InChI=1S/C28H35N5O/c1-20-18-24(31-27(30-20)28(2)11-16-32(3)17-12-28)26(34)33-14-9-21(10-15-33)19-23-7-4-6-22-8-5-13-29-25(22)23/h4-8,13,18,21H,9-12,14-17,19H2,1-3H3. The van der Waals surface area contributed by atoms with Gasteiger partial charge in [-0.25, -0.2) is 9.97 Å². The van der Waals surface area contributed by atoms with Crippen molar-refractivity contribution in [3.63, 3.8) is 0 Å². The average molecular weight is 458 g/mol. The third-order valence-electron chi connectivity index (χ3n) is 7.83. The minimum atomic E-state index is -0.0625. The lowest BCUT2D eigenvalue weighted by Gasteiger charge is -2.37. The van der Waals surface area contributed by atoms with E-state index in [4.69, 9.17) is 9.97 Å². The van der Waals surface area contributed by atoms with Gasteiger partial charge in [0.2, 0.25) is 0 Å². The molecular weight excluding hydrogens is 422 g/mol. The van der Waals surface area contributed by atoms with Crippen LogP contribution in [0.4, 0.5) is 0 Å². The molecule has 0 aliphatic carbocycles. The zero-order chi connectivity index (χ0) is 23.7. The molecule has 34 heavy (non-hydrogen) atoms. The monoisotopic (exact) mass is 457 g/mol. The first-order valence-corrected chi connectivity index (χ1v) is 12.6. The average Bonchev–Trinajstić information content (AvgIpc) is 2.86. The highest BCUT2D eigenvalue weighted by Gasteiger charge is 2.34. The molecule has 0 radical (unpaired) electrons. The van der Waals surface area contributed by atoms with Gasteiger partial charge in [0.05, 0.1) is 5.52 Å². The van der Waals surface area contributed by atoms with Crippen LogP contribution < -0.4 is 0 Å². The lowest BCUT2D eigenvalue weighted by Crippen LogP contribution is -2.41. The van der Waals surface area contributed by atoms with Crippen molar-refractivity contribution in [3.8, 4) is 0 Å². The van der Waals surface area contributed by atoms with E-state index in [-0.39, 0.29) is 11.3 Å². The molecule has 1 aromatic carbocycles. The van der Waals surface area contributed by atoms with Crippen molar-refractivity contribution in [2.24, 2.45) is 5.92 Å². The fourth-order valence-electron chi connectivity index (χ4n) is 5.43. The van der Waals surface area contributed by atoms with Crippen LogP contribution in [0.2, 0.25) is 0 Å². The molecule has 0 unspecified atom stereocenters. The maximum absolute atomic E-state index is 13.4. The van der Waals surface area contributed by atoms with Crippen LogP contribution in [0.3, 0.4) is 0 Å². The van der Waals surface area contributed by atoms with Crippen LogP contribution in [0.5, 0.6) is 0 Å². The van der Waals surface area contributed by atoms with Crippen molar-refractivity contribution < 1.29 is 4.79 Å². The van der Waals surface area contributed by atoms with E-state index in [9.17, 15) is 4.79 Å². The molecule has 0 bridgehead atoms. The Bertz CT molecular complexity index is 1170. The number of hydrogen-bond donors (Lipinski definition) is 0. The maximum Gasteiger partial charge on any atom is 0.272 e. The second-order valence-corrected chi connectivity index (χ2v) is 10.5. The Hall–Kier alpha value is -2.86. The summed E-state index contributed by atoms with van der Waals surface area (Å²) in [5.74, 6) is 1.45. The number of aromatic nitrogens is 3. The number of piperidine rings is 2. The van der Waals surface area contributed by atoms with E-state index in [2.05, 4.69) is 48.1 Å². The molecule has 4 heterocycles. The molecule has 2 saturated heterocycles. The number of carbonyl (C=O) groups is 1. The summed E-state index contributed by atoms with van der Waals surface area (Å²) in [4.78, 5) is 31.9. The van der Waals surface area contributed by atoms with Crippen LogP contribution in [-0.4, -0.2) is 63.9 Å². The molecule has 0 N–H and O–H groups in total. The van der Waals surface area contributed by atoms with Gasteiger partial charge in [0.25, 0.3) is 5.91 Å². The van der Waals surface area contributed by atoms with Gasteiger partial charge in [-0.05, 0) is 82.8 Å². The lowest BCUT2D eigenvalue weighted by molar-refractivity contribution is 0.0683. The largest absolute Gasteiger partial charge is 0.337 e. The van der Waals surface area contributed by atoms with Gasteiger partial charge >= 0.3 is 0 Å². The number of pyridine rings is 1. The molecule has 0 saturated carbocycles. The Labute approximate surface area is 202 Å². The molecule has 2 aliphatic heterocycles. The molecule has 2 fully saturated rings. The third kappa shape index (κ3) is 4.69. The highest BCUT2D eigenvalue weighted by Crippen LogP contribution is 2.33. The Balaban J connectivity index is 1.26. The molecular formula is C28H35N5O. The van der Waals surface area contributed by atoms with Gasteiger partial charge in [0.15, 0.2) is 0 Å². The van der Waals surface area contributed by atoms with Crippen molar-refractivity contribution in [2.75, 3.05) is 33.2 Å². The number of rotatable bonds is 4. The number of nitrogens with zero attached hydrogens (tertiary/aromatic N) is 5. The second-order valence-electron chi connectivity index (χ2n) is 10.5. The van der Waals surface area contributed by atoms with E-state index in [1.54, 1.807) is 0 Å². The van der Waals surface area contributed by atoms with E-state index < -0.39 is 0 Å². The SMILES string of the molecule is Cc1cc(C(=O)N2CCC(Cc3cccc4cccnc34)CC2)nc(C2(C)CCN(C)CC2)n1. The van der Waals surface area contributed by atoms with E-state index in [0.29, 0.717) is 11.6 Å². The highest BCUT2D eigenvalue weighted by molar-refractivity contribution is 5.92. The first-order valence-electron chi connectivity index (χ1n) is 12.6. The normalized spacial score (nSPS) is 19.4. The second kappa shape index (κ2) is 9.41. The van der Waals surface area contributed by atoms with E-state index in [1.807, 2.05) is 30.2 Å². The van der Waals surface area contributed by atoms with Crippen molar-refractivity contribution >= 4 is 16.8 Å². The zero-order valence-electron chi connectivity index (χ0n) is 20.6.